The van der Waals surface area contributed by atoms with Crippen LogP contribution in [0.1, 0.15) is 55.2 Å². The van der Waals surface area contributed by atoms with Crippen LogP contribution in [0.3, 0.4) is 0 Å². The van der Waals surface area contributed by atoms with Crippen LogP contribution in [0.4, 0.5) is 11.5 Å². The molecule has 1 aliphatic carbocycles. The van der Waals surface area contributed by atoms with Crippen molar-refractivity contribution in [3.05, 3.63) is 89.3 Å². The molecule has 4 rings (SSSR count). The molecule has 1 aliphatic rings. The van der Waals surface area contributed by atoms with E-state index in [4.69, 9.17) is 11.6 Å². The van der Waals surface area contributed by atoms with Crippen LogP contribution in [0.5, 0.6) is 0 Å². The van der Waals surface area contributed by atoms with Crippen LogP contribution in [-0.2, 0) is 0 Å². The maximum absolute atomic E-state index is 6.33. The van der Waals surface area contributed by atoms with Gasteiger partial charge in [-0.2, -0.15) is 0 Å². The highest BCUT2D eigenvalue weighted by Gasteiger charge is 2.22. The first kappa shape index (κ1) is 20.6. The Morgan fingerprint density at radius 1 is 0.967 bits per heavy atom. The van der Waals surface area contributed by atoms with Crippen LogP contribution in [0, 0.1) is 12.8 Å². The van der Waals surface area contributed by atoms with Crippen LogP contribution < -0.4 is 4.90 Å². The smallest absolute Gasteiger partial charge is 0.145 e. The molecule has 0 aliphatic heterocycles. The van der Waals surface area contributed by atoms with Crippen LogP contribution in [0.2, 0.25) is 5.15 Å². The summed E-state index contributed by atoms with van der Waals surface area (Å²) in [5, 5.41) is 0.457. The van der Waals surface area contributed by atoms with E-state index >= 15 is 0 Å². The van der Waals surface area contributed by atoms with Gasteiger partial charge in [-0.3, -0.25) is 4.90 Å². The molecule has 0 radical (unpaired) electrons. The molecule has 0 bridgehead atoms. The molecule has 3 nitrogen and oxygen atoms in total. The maximum Gasteiger partial charge on any atom is 0.145 e. The molecule has 1 saturated carbocycles. The average Bonchev–Trinajstić information content (AvgIpc) is 2.78. The lowest BCUT2D eigenvalue weighted by molar-refractivity contribution is 0.348. The second-order valence-electron chi connectivity index (χ2n) is 8.31. The predicted molar refractivity (Wildman–Crippen MR) is 126 cm³/mol. The van der Waals surface area contributed by atoms with Crippen LogP contribution in [0.25, 0.3) is 5.70 Å². The van der Waals surface area contributed by atoms with Gasteiger partial charge < -0.3 is 0 Å². The fraction of sp³-hybridized carbons (Fsp3) is 0.308. The zero-order valence-electron chi connectivity index (χ0n) is 17.7. The minimum Gasteiger partial charge on any atom is -0.295 e. The first-order valence-corrected chi connectivity index (χ1v) is 11.0. The van der Waals surface area contributed by atoms with Crippen LogP contribution in [-0.4, -0.2) is 9.97 Å². The SMILES string of the molecule is C=C(c1ccccc1)N(c1ccc(C2CCC(C)CC2)cc1)c1ncnc(Cl)c1C. The molecule has 3 aromatic rings. The molecule has 1 heterocycles. The Morgan fingerprint density at radius 2 is 1.63 bits per heavy atom. The third kappa shape index (κ3) is 4.27. The summed E-state index contributed by atoms with van der Waals surface area (Å²) in [6.45, 7) is 8.70. The number of rotatable bonds is 5. The normalized spacial score (nSPS) is 18.8. The molecule has 2 aromatic carbocycles. The maximum atomic E-state index is 6.33. The van der Waals surface area contributed by atoms with E-state index < -0.39 is 0 Å². The minimum atomic E-state index is 0.457. The predicted octanol–water partition coefficient (Wildman–Crippen LogP) is 7.54. The van der Waals surface area contributed by atoms with Crippen molar-refractivity contribution in [1.29, 1.82) is 0 Å². The molecule has 0 amide bonds. The number of hydrogen-bond acceptors (Lipinski definition) is 3. The van der Waals surface area contributed by atoms with E-state index in [1.807, 2.05) is 25.1 Å². The topological polar surface area (TPSA) is 29.0 Å². The summed E-state index contributed by atoms with van der Waals surface area (Å²) in [5.41, 5.74) is 5.18. The quantitative estimate of drug-likeness (QED) is 0.401. The molecule has 0 spiro atoms. The van der Waals surface area contributed by atoms with Crippen LogP contribution >= 0.6 is 11.6 Å². The highest BCUT2D eigenvalue weighted by molar-refractivity contribution is 6.30. The van der Waals surface area contributed by atoms with Gasteiger partial charge in [-0.1, -0.05) is 80.4 Å². The van der Waals surface area contributed by atoms with Gasteiger partial charge in [0.15, 0.2) is 0 Å². The molecule has 0 unspecified atom stereocenters. The standard InChI is InChI=1S/C26H28ClN3/c1-18-9-11-22(12-10-18)23-13-15-24(16-14-23)30(20(3)21-7-5-4-6-8-21)26-19(2)25(27)28-17-29-26/h4-8,13-18,22H,3,9-12H2,1-2H3. The van der Waals surface area contributed by atoms with Crippen LogP contribution in [0.15, 0.2) is 67.5 Å². The molecule has 30 heavy (non-hydrogen) atoms. The molecular formula is C26H28ClN3. The first-order valence-electron chi connectivity index (χ1n) is 10.7. The Bertz CT molecular complexity index is 1010. The largest absolute Gasteiger partial charge is 0.295 e. The van der Waals surface area contributed by atoms with Gasteiger partial charge in [0.05, 0.1) is 0 Å². The fourth-order valence-corrected chi connectivity index (χ4v) is 4.43. The van der Waals surface area contributed by atoms with Gasteiger partial charge in [0.1, 0.15) is 17.3 Å². The molecule has 0 saturated heterocycles. The molecule has 0 N–H and O–H groups in total. The van der Waals surface area contributed by atoms with Gasteiger partial charge in [-0.25, -0.2) is 9.97 Å². The summed E-state index contributed by atoms with van der Waals surface area (Å²) < 4.78 is 0. The summed E-state index contributed by atoms with van der Waals surface area (Å²) in [5.74, 6) is 2.27. The Morgan fingerprint density at radius 3 is 2.30 bits per heavy atom. The minimum absolute atomic E-state index is 0.457. The first-order chi connectivity index (χ1) is 14.5. The summed E-state index contributed by atoms with van der Waals surface area (Å²) in [4.78, 5) is 10.8. The van der Waals surface area contributed by atoms with Gasteiger partial charge >= 0.3 is 0 Å². The lowest BCUT2D eigenvalue weighted by Gasteiger charge is -2.29. The lowest BCUT2D eigenvalue weighted by Crippen LogP contribution is -2.18. The highest BCUT2D eigenvalue weighted by Crippen LogP contribution is 2.39. The van der Waals surface area contributed by atoms with Gasteiger partial charge in [0.2, 0.25) is 0 Å². The number of benzene rings is 2. The number of halogens is 1. The lowest BCUT2D eigenvalue weighted by atomic mass is 9.79. The van der Waals surface area contributed by atoms with E-state index in [0.717, 1.165) is 34.2 Å². The van der Waals surface area contributed by atoms with Crippen molar-refractivity contribution in [3.63, 3.8) is 0 Å². The van der Waals surface area contributed by atoms with E-state index in [0.29, 0.717) is 11.1 Å². The third-order valence-corrected chi connectivity index (χ3v) is 6.60. The van der Waals surface area contributed by atoms with E-state index in [-0.39, 0.29) is 0 Å². The van der Waals surface area contributed by atoms with Gasteiger partial charge in [0, 0.05) is 16.9 Å². The molecule has 1 fully saturated rings. The second kappa shape index (κ2) is 9.01. The second-order valence-corrected chi connectivity index (χ2v) is 8.67. The summed E-state index contributed by atoms with van der Waals surface area (Å²) in [6, 6.07) is 19.0. The van der Waals surface area contributed by atoms with Crippen molar-refractivity contribution in [2.75, 3.05) is 4.90 Å². The van der Waals surface area contributed by atoms with Crippen molar-refractivity contribution in [2.45, 2.75) is 45.4 Å². The van der Waals surface area contributed by atoms with Crippen molar-refractivity contribution >= 4 is 28.8 Å². The Hall–Kier alpha value is -2.65. The molecule has 0 atom stereocenters. The molecule has 1 aromatic heterocycles. The summed E-state index contributed by atoms with van der Waals surface area (Å²) in [6.07, 6.45) is 6.71. The van der Waals surface area contributed by atoms with E-state index in [1.165, 1.54) is 37.6 Å². The molecule has 154 valence electrons. The zero-order chi connectivity index (χ0) is 21.1. The Labute approximate surface area is 184 Å². The summed E-state index contributed by atoms with van der Waals surface area (Å²) >= 11 is 6.33. The van der Waals surface area contributed by atoms with E-state index in [9.17, 15) is 0 Å². The van der Waals surface area contributed by atoms with Gasteiger partial charge in [-0.05, 0) is 54.9 Å². The van der Waals surface area contributed by atoms with E-state index in [2.05, 4.69) is 64.8 Å². The Balaban J connectivity index is 1.71. The van der Waals surface area contributed by atoms with Gasteiger partial charge in [0.25, 0.3) is 0 Å². The monoisotopic (exact) mass is 417 g/mol. The van der Waals surface area contributed by atoms with Gasteiger partial charge in [-0.15, -0.1) is 0 Å². The number of hydrogen-bond donors (Lipinski definition) is 0. The van der Waals surface area contributed by atoms with Crippen molar-refractivity contribution in [2.24, 2.45) is 5.92 Å². The number of anilines is 2. The van der Waals surface area contributed by atoms with E-state index in [1.54, 1.807) is 0 Å². The average molecular weight is 418 g/mol. The highest BCUT2D eigenvalue weighted by atomic mass is 35.5. The van der Waals surface area contributed by atoms with Crippen molar-refractivity contribution in [3.8, 4) is 0 Å². The molecular weight excluding hydrogens is 390 g/mol. The number of aromatic nitrogens is 2. The van der Waals surface area contributed by atoms with Crippen molar-refractivity contribution in [1.82, 2.24) is 9.97 Å². The summed E-state index contributed by atoms with van der Waals surface area (Å²) in [7, 11) is 0. The molecule has 4 heteroatoms. The zero-order valence-corrected chi connectivity index (χ0v) is 18.4. The fourth-order valence-electron chi connectivity index (χ4n) is 4.30. The van der Waals surface area contributed by atoms with Crippen molar-refractivity contribution < 1.29 is 0 Å². The third-order valence-electron chi connectivity index (χ3n) is 6.22. The Kier molecular flexibility index (Phi) is 6.19. The number of nitrogens with zero attached hydrogens (tertiary/aromatic N) is 3.